The van der Waals surface area contributed by atoms with Crippen molar-refractivity contribution < 1.29 is 5.11 Å². The van der Waals surface area contributed by atoms with Crippen molar-refractivity contribution in [2.45, 2.75) is 45.8 Å². The van der Waals surface area contributed by atoms with Gasteiger partial charge in [0.1, 0.15) is 0 Å². The summed E-state index contributed by atoms with van der Waals surface area (Å²) < 4.78 is 1.11. The van der Waals surface area contributed by atoms with Gasteiger partial charge in [0.2, 0.25) is 0 Å². The highest BCUT2D eigenvalue weighted by atomic mass is 79.9. The van der Waals surface area contributed by atoms with Crippen LogP contribution in [0.5, 0.6) is 0 Å². The van der Waals surface area contributed by atoms with Crippen molar-refractivity contribution in [1.29, 1.82) is 0 Å². The van der Waals surface area contributed by atoms with E-state index in [1.165, 1.54) is 11.3 Å². The second-order valence-corrected chi connectivity index (χ2v) is 6.93. The summed E-state index contributed by atoms with van der Waals surface area (Å²) in [7, 11) is 0. The molecule has 0 radical (unpaired) electrons. The third kappa shape index (κ3) is 3.54. The molecular formula is C16H25BrN2O. The van der Waals surface area contributed by atoms with Gasteiger partial charge in [0.25, 0.3) is 0 Å². The third-order valence-corrected chi connectivity index (χ3v) is 4.61. The zero-order valence-electron chi connectivity index (χ0n) is 12.6. The lowest BCUT2D eigenvalue weighted by Gasteiger charge is -2.29. The molecule has 0 bridgehead atoms. The molecule has 0 saturated carbocycles. The van der Waals surface area contributed by atoms with E-state index in [-0.39, 0.29) is 12.6 Å². The van der Waals surface area contributed by atoms with Crippen LogP contribution in [0.15, 0.2) is 22.7 Å². The summed E-state index contributed by atoms with van der Waals surface area (Å²) in [5, 5.41) is 13.2. The molecule has 112 valence electrons. The van der Waals surface area contributed by atoms with Crippen molar-refractivity contribution in [2.24, 2.45) is 5.92 Å². The zero-order valence-corrected chi connectivity index (χ0v) is 14.2. The number of halogens is 1. The van der Waals surface area contributed by atoms with Crippen LogP contribution in [0.1, 0.15) is 32.8 Å². The van der Waals surface area contributed by atoms with Crippen LogP contribution in [-0.2, 0) is 6.54 Å². The van der Waals surface area contributed by atoms with Gasteiger partial charge in [-0.1, -0.05) is 36.7 Å². The molecule has 1 saturated heterocycles. The fraction of sp³-hybridized carbons (Fsp3) is 0.625. The smallest absolute Gasteiger partial charge is 0.0637 e. The molecule has 3 nitrogen and oxygen atoms in total. The molecule has 2 atom stereocenters. The lowest BCUT2D eigenvalue weighted by atomic mass is 10.0. The second kappa shape index (κ2) is 6.92. The number of hydrogen-bond acceptors (Lipinski definition) is 3. The van der Waals surface area contributed by atoms with Crippen molar-refractivity contribution in [3.8, 4) is 0 Å². The molecule has 2 rings (SSSR count). The van der Waals surface area contributed by atoms with Gasteiger partial charge in [0.05, 0.1) is 12.6 Å². The van der Waals surface area contributed by atoms with Gasteiger partial charge in [0, 0.05) is 29.3 Å². The number of nitrogens with one attached hydrogen (secondary N) is 1. The molecule has 2 N–H and O–H groups in total. The largest absolute Gasteiger partial charge is 0.394 e. The Kier molecular flexibility index (Phi) is 5.47. The fourth-order valence-corrected chi connectivity index (χ4v) is 3.28. The number of rotatable bonds is 5. The van der Waals surface area contributed by atoms with E-state index in [2.05, 4.69) is 65.1 Å². The lowest BCUT2D eigenvalue weighted by molar-refractivity contribution is 0.244. The molecule has 1 aromatic rings. The van der Waals surface area contributed by atoms with E-state index in [1.807, 2.05) is 0 Å². The maximum Gasteiger partial charge on any atom is 0.0637 e. The first-order valence-electron chi connectivity index (χ1n) is 7.42. The Bertz CT molecular complexity index is 450. The van der Waals surface area contributed by atoms with E-state index in [0.29, 0.717) is 12.0 Å². The number of hydrogen-bond donors (Lipinski definition) is 2. The first-order valence-corrected chi connectivity index (χ1v) is 8.21. The van der Waals surface area contributed by atoms with Crippen LogP contribution in [0.4, 0.5) is 5.69 Å². The minimum atomic E-state index is 0.230. The first kappa shape index (κ1) is 15.8. The molecule has 4 heteroatoms. The number of benzene rings is 1. The maximum absolute atomic E-state index is 9.67. The monoisotopic (exact) mass is 340 g/mol. The van der Waals surface area contributed by atoms with Gasteiger partial charge in [0.15, 0.2) is 0 Å². The standard InChI is InChI=1S/C16H25BrN2O/c1-11(2)18-9-13-8-14(17)4-5-15(13)19-7-6-12(3)16(19)10-20/h4-5,8,11-12,16,18,20H,6-7,9-10H2,1-3H3. The third-order valence-electron chi connectivity index (χ3n) is 4.12. The molecular weight excluding hydrogens is 316 g/mol. The van der Waals surface area contributed by atoms with Gasteiger partial charge in [-0.2, -0.15) is 0 Å². The van der Waals surface area contributed by atoms with Crippen LogP contribution < -0.4 is 10.2 Å². The zero-order chi connectivity index (χ0) is 14.7. The van der Waals surface area contributed by atoms with Gasteiger partial charge in [-0.25, -0.2) is 0 Å². The number of nitrogens with zero attached hydrogens (tertiary/aromatic N) is 1. The number of aliphatic hydroxyl groups excluding tert-OH is 1. The minimum absolute atomic E-state index is 0.230. The minimum Gasteiger partial charge on any atom is -0.394 e. The van der Waals surface area contributed by atoms with Gasteiger partial charge in [-0.3, -0.25) is 0 Å². The molecule has 0 spiro atoms. The SMILES string of the molecule is CC(C)NCc1cc(Br)ccc1N1CCC(C)C1CO. The Labute approximate surface area is 130 Å². The summed E-state index contributed by atoms with van der Waals surface area (Å²) in [5.74, 6) is 0.551. The highest BCUT2D eigenvalue weighted by molar-refractivity contribution is 9.10. The van der Waals surface area contributed by atoms with E-state index in [9.17, 15) is 5.11 Å². The topological polar surface area (TPSA) is 35.5 Å². The van der Waals surface area contributed by atoms with E-state index in [1.54, 1.807) is 0 Å². The number of anilines is 1. The summed E-state index contributed by atoms with van der Waals surface area (Å²) in [6, 6.07) is 7.15. The Balaban J connectivity index is 2.26. The van der Waals surface area contributed by atoms with Crippen LogP contribution in [0.2, 0.25) is 0 Å². The Morgan fingerprint density at radius 1 is 1.45 bits per heavy atom. The van der Waals surface area contributed by atoms with Crippen LogP contribution in [-0.4, -0.2) is 30.3 Å². The molecule has 1 aliphatic rings. The summed E-state index contributed by atoms with van der Waals surface area (Å²) >= 11 is 3.56. The summed E-state index contributed by atoms with van der Waals surface area (Å²) in [5.41, 5.74) is 2.55. The molecule has 1 aromatic carbocycles. The van der Waals surface area contributed by atoms with Crippen molar-refractivity contribution >= 4 is 21.6 Å². The van der Waals surface area contributed by atoms with E-state index >= 15 is 0 Å². The van der Waals surface area contributed by atoms with Gasteiger partial charge in [-0.05, 0) is 36.1 Å². The number of aliphatic hydroxyl groups is 1. The van der Waals surface area contributed by atoms with Crippen molar-refractivity contribution in [3.63, 3.8) is 0 Å². The van der Waals surface area contributed by atoms with Crippen molar-refractivity contribution in [1.82, 2.24) is 5.32 Å². The summed E-state index contributed by atoms with van der Waals surface area (Å²) in [4.78, 5) is 2.37. The molecule has 0 aliphatic carbocycles. The fourth-order valence-electron chi connectivity index (χ4n) is 2.88. The van der Waals surface area contributed by atoms with Crippen LogP contribution in [0.25, 0.3) is 0 Å². The van der Waals surface area contributed by atoms with Crippen LogP contribution in [0.3, 0.4) is 0 Å². The molecule has 1 heterocycles. The van der Waals surface area contributed by atoms with Crippen LogP contribution >= 0.6 is 15.9 Å². The van der Waals surface area contributed by atoms with Gasteiger partial charge in [-0.15, -0.1) is 0 Å². The normalized spacial score (nSPS) is 22.8. The van der Waals surface area contributed by atoms with Gasteiger partial charge < -0.3 is 15.3 Å². The predicted octanol–water partition coefficient (Wildman–Crippen LogP) is 3.15. The molecule has 2 unspecified atom stereocenters. The molecule has 0 amide bonds. The molecule has 0 aromatic heterocycles. The highest BCUT2D eigenvalue weighted by Crippen LogP contribution is 2.33. The maximum atomic E-state index is 9.67. The average Bonchev–Trinajstić information content (AvgIpc) is 2.77. The quantitative estimate of drug-likeness (QED) is 0.864. The Morgan fingerprint density at radius 3 is 2.85 bits per heavy atom. The van der Waals surface area contributed by atoms with Crippen LogP contribution in [0, 0.1) is 5.92 Å². The van der Waals surface area contributed by atoms with Crippen molar-refractivity contribution in [3.05, 3.63) is 28.2 Å². The molecule has 1 aliphatic heterocycles. The van der Waals surface area contributed by atoms with Gasteiger partial charge >= 0.3 is 0 Å². The van der Waals surface area contributed by atoms with E-state index in [4.69, 9.17) is 0 Å². The molecule has 20 heavy (non-hydrogen) atoms. The highest BCUT2D eigenvalue weighted by Gasteiger charge is 2.31. The summed E-state index contributed by atoms with van der Waals surface area (Å²) in [6.45, 7) is 8.66. The Hall–Kier alpha value is -0.580. The summed E-state index contributed by atoms with van der Waals surface area (Å²) in [6.07, 6.45) is 1.15. The van der Waals surface area contributed by atoms with Crippen molar-refractivity contribution in [2.75, 3.05) is 18.1 Å². The van der Waals surface area contributed by atoms with E-state index < -0.39 is 0 Å². The average molecular weight is 341 g/mol. The van der Waals surface area contributed by atoms with E-state index in [0.717, 1.165) is 24.0 Å². The first-order chi connectivity index (χ1) is 9.52. The predicted molar refractivity (Wildman–Crippen MR) is 88.1 cm³/mol. The lowest BCUT2D eigenvalue weighted by Crippen LogP contribution is -2.36. The molecule has 1 fully saturated rings. The Morgan fingerprint density at radius 2 is 2.20 bits per heavy atom. The second-order valence-electron chi connectivity index (χ2n) is 6.02.